The highest BCUT2D eigenvalue weighted by atomic mass is 32.2. The summed E-state index contributed by atoms with van der Waals surface area (Å²) in [5.74, 6) is -2.75. The van der Waals surface area contributed by atoms with Crippen LogP contribution in [0.5, 0.6) is 5.75 Å². The molecule has 6 nitrogen and oxygen atoms in total. The molecular weight excluding hydrogens is 510 g/mol. The van der Waals surface area contributed by atoms with Gasteiger partial charge in [0.2, 0.25) is 0 Å². The van der Waals surface area contributed by atoms with E-state index in [1.165, 1.54) is 23.9 Å². The molecule has 0 aliphatic carbocycles. The first-order valence-electron chi connectivity index (χ1n) is 12.4. The molecule has 0 spiro atoms. The number of carbonyl (C=O) groups is 2. The SMILES string of the molecule is CCN(CC)CCc1c(COc2ccc(-c3cc(F)c(F)cc3SC)cc2)cccc1C(=O)NCC(=O)O. The molecule has 3 aromatic rings. The predicted molar refractivity (Wildman–Crippen MR) is 146 cm³/mol. The molecule has 0 bridgehead atoms. The van der Waals surface area contributed by atoms with Gasteiger partial charge < -0.3 is 20.1 Å². The molecule has 3 aromatic carbocycles. The van der Waals surface area contributed by atoms with Gasteiger partial charge in [0.25, 0.3) is 5.91 Å². The van der Waals surface area contributed by atoms with Gasteiger partial charge in [-0.3, -0.25) is 9.59 Å². The van der Waals surface area contributed by atoms with Crippen molar-refractivity contribution in [2.24, 2.45) is 0 Å². The van der Waals surface area contributed by atoms with Crippen LogP contribution in [0.15, 0.2) is 59.5 Å². The number of nitrogens with zero attached hydrogens (tertiary/aromatic N) is 1. The van der Waals surface area contributed by atoms with E-state index in [0.29, 0.717) is 28.2 Å². The number of carbonyl (C=O) groups excluding carboxylic acids is 1. The van der Waals surface area contributed by atoms with Gasteiger partial charge in [-0.1, -0.05) is 38.1 Å². The van der Waals surface area contributed by atoms with Crippen LogP contribution in [0, 0.1) is 11.6 Å². The van der Waals surface area contributed by atoms with E-state index >= 15 is 0 Å². The predicted octanol–water partition coefficient (Wildman–Crippen LogP) is 5.63. The topological polar surface area (TPSA) is 78.9 Å². The number of rotatable bonds is 13. The molecule has 0 aromatic heterocycles. The summed E-state index contributed by atoms with van der Waals surface area (Å²) in [5, 5.41) is 11.4. The molecular formula is C29H32F2N2O4S. The van der Waals surface area contributed by atoms with Crippen molar-refractivity contribution in [3.8, 4) is 16.9 Å². The molecule has 2 N–H and O–H groups in total. The van der Waals surface area contributed by atoms with Crippen molar-refractivity contribution in [3.05, 3.63) is 82.9 Å². The van der Waals surface area contributed by atoms with Crippen molar-refractivity contribution in [1.29, 1.82) is 0 Å². The third kappa shape index (κ3) is 7.55. The van der Waals surface area contributed by atoms with Gasteiger partial charge in [0, 0.05) is 17.0 Å². The number of carboxylic acids is 1. The first-order valence-corrected chi connectivity index (χ1v) is 13.6. The van der Waals surface area contributed by atoms with Gasteiger partial charge in [-0.05, 0) is 78.4 Å². The average molecular weight is 543 g/mol. The molecule has 0 aliphatic rings. The molecule has 0 heterocycles. The van der Waals surface area contributed by atoms with Gasteiger partial charge in [0.15, 0.2) is 11.6 Å². The van der Waals surface area contributed by atoms with Gasteiger partial charge in [-0.15, -0.1) is 11.8 Å². The van der Waals surface area contributed by atoms with Gasteiger partial charge in [-0.2, -0.15) is 0 Å². The minimum Gasteiger partial charge on any atom is -0.489 e. The van der Waals surface area contributed by atoms with E-state index in [-0.39, 0.29) is 6.61 Å². The third-order valence-electron chi connectivity index (χ3n) is 6.29. The Balaban J connectivity index is 1.82. The van der Waals surface area contributed by atoms with Gasteiger partial charge in [0.05, 0.1) is 0 Å². The molecule has 202 valence electrons. The molecule has 0 saturated carbocycles. The van der Waals surface area contributed by atoms with Crippen LogP contribution in [-0.4, -0.2) is 54.3 Å². The smallest absolute Gasteiger partial charge is 0.322 e. The second kappa shape index (κ2) is 13.9. The van der Waals surface area contributed by atoms with Gasteiger partial charge >= 0.3 is 5.97 Å². The number of hydrogen-bond donors (Lipinski definition) is 2. The Hall–Kier alpha value is -3.43. The Morgan fingerprint density at radius 1 is 1.03 bits per heavy atom. The number of halogens is 2. The number of nitrogens with one attached hydrogen (secondary N) is 1. The summed E-state index contributed by atoms with van der Waals surface area (Å²) in [6.07, 6.45) is 2.41. The number of benzene rings is 3. The molecule has 0 aliphatic heterocycles. The first-order chi connectivity index (χ1) is 18.3. The number of amides is 1. The molecule has 1 amide bonds. The van der Waals surface area contributed by atoms with E-state index in [1.54, 1.807) is 36.4 Å². The van der Waals surface area contributed by atoms with E-state index < -0.39 is 30.1 Å². The highest BCUT2D eigenvalue weighted by Gasteiger charge is 2.17. The summed E-state index contributed by atoms with van der Waals surface area (Å²) in [5.41, 5.74) is 3.40. The van der Waals surface area contributed by atoms with Crippen LogP contribution < -0.4 is 10.1 Å². The summed E-state index contributed by atoms with van der Waals surface area (Å²) in [7, 11) is 0. The lowest BCUT2D eigenvalue weighted by Crippen LogP contribution is -2.31. The number of likely N-dealkylation sites (N-methyl/N-ethyl adjacent to an activating group) is 1. The zero-order valence-electron chi connectivity index (χ0n) is 21.7. The lowest BCUT2D eigenvalue weighted by molar-refractivity contribution is -0.135. The fourth-order valence-electron chi connectivity index (χ4n) is 4.15. The van der Waals surface area contributed by atoms with Crippen molar-refractivity contribution in [2.45, 2.75) is 31.8 Å². The van der Waals surface area contributed by atoms with Crippen LogP contribution >= 0.6 is 11.8 Å². The van der Waals surface area contributed by atoms with Crippen molar-refractivity contribution in [2.75, 3.05) is 32.4 Å². The Labute approximate surface area is 226 Å². The lowest BCUT2D eigenvalue weighted by Gasteiger charge is -2.21. The van der Waals surface area contributed by atoms with Gasteiger partial charge in [-0.25, -0.2) is 8.78 Å². The zero-order valence-corrected chi connectivity index (χ0v) is 22.5. The van der Waals surface area contributed by atoms with E-state index in [1.807, 2.05) is 12.3 Å². The van der Waals surface area contributed by atoms with Gasteiger partial charge in [0.1, 0.15) is 18.9 Å². The Morgan fingerprint density at radius 3 is 2.34 bits per heavy atom. The Morgan fingerprint density at radius 2 is 1.71 bits per heavy atom. The quantitative estimate of drug-likeness (QED) is 0.273. The minimum absolute atomic E-state index is 0.203. The fourth-order valence-corrected chi connectivity index (χ4v) is 4.77. The van der Waals surface area contributed by atoms with Crippen molar-refractivity contribution in [3.63, 3.8) is 0 Å². The maximum absolute atomic E-state index is 13.9. The second-order valence-corrected chi connectivity index (χ2v) is 9.42. The van der Waals surface area contributed by atoms with Crippen LogP contribution in [0.2, 0.25) is 0 Å². The lowest BCUT2D eigenvalue weighted by atomic mass is 9.97. The number of aliphatic carboxylic acids is 1. The second-order valence-electron chi connectivity index (χ2n) is 8.58. The highest BCUT2D eigenvalue weighted by Crippen LogP contribution is 2.33. The largest absolute Gasteiger partial charge is 0.489 e. The molecule has 0 saturated heterocycles. The number of ether oxygens (including phenoxy) is 1. The average Bonchev–Trinajstić information content (AvgIpc) is 2.92. The number of thioether (sulfide) groups is 1. The summed E-state index contributed by atoms with van der Waals surface area (Å²) in [4.78, 5) is 26.6. The molecule has 0 radical (unpaired) electrons. The van der Waals surface area contributed by atoms with Crippen LogP contribution in [0.25, 0.3) is 11.1 Å². The molecule has 0 unspecified atom stereocenters. The van der Waals surface area contributed by atoms with Crippen molar-refractivity contribution < 1.29 is 28.2 Å². The van der Waals surface area contributed by atoms with E-state index in [9.17, 15) is 18.4 Å². The zero-order chi connectivity index (χ0) is 27.7. The third-order valence-corrected chi connectivity index (χ3v) is 7.07. The number of carboxylic acid groups (broad SMARTS) is 1. The summed E-state index contributed by atoms with van der Waals surface area (Å²) in [6, 6.07) is 14.8. The first kappa shape index (κ1) is 29.1. The minimum atomic E-state index is -1.11. The maximum Gasteiger partial charge on any atom is 0.322 e. The summed E-state index contributed by atoms with van der Waals surface area (Å²) in [6.45, 7) is 6.38. The molecule has 3 rings (SSSR count). The van der Waals surface area contributed by atoms with E-state index in [4.69, 9.17) is 9.84 Å². The van der Waals surface area contributed by atoms with E-state index in [2.05, 4.69) is 24.1 Å². The normalized spacial score (nSPS) is 11.0. The Bertz CT molecular complexity index is 1260. The molecule has 0 fully saturated rings. The molecule has 38 heavy (non-hydrogen) atoms. The van der Waals surface area contributed by atoms with Crippen molar-refractivity contribution in [1.82, 2.24) is 10.2 Å². The van der Waals surface area contributed by atoms with Crippen LogP contribution in [0.4, 0.5) is 8.78 Å². The fraction of sp³-hybridized carbons (Fsp3) is 0.310. The molecule has 0 atom stereocenters. The molecule has 9 heteroatoms. The van der Waals surface area contributed by atoms with Crippen LogP contribution in [-0.2, 0) is 17.8 Å². The highest BCUT2D eigenvalue weighted by molar-refractivity contribution is 7.98. The van der Waals surface area contributed by atoms with Crippen molar-refractivity contribution >= 4 is 23.6 Å². The van der Waals surface area contributed by atoms with Crippen LogP contribution in [0.3, 0.4) is 0 Å². The monoisotopic (exact) mass is 542 g/mol. The maximum atomic E-state index is 13.9. The summed E-state index contributed by atoms with van der Waals surface area (Å²) < 4.78 is 33.6. The van der Waals surface area contributed by atoms with Crippen LogP contribution in [0.1, 0.15) is 35.3 Å². The summed E-state index contributed by atoms with van der Waals surface area (Å²) >= 11 is 1.34. The standard InChI is InChI=1S/C29H32F2N2O4S/c1-4-33(5-2)14-13-22-20(7-6-8-23(22)29(36)32-17-28(34)35)18-37-21-11-9-19(10-12-21)24-15-25(30)26(31)16-27(24)38-3/h6-12,15-16H,4-5,13-14,17-18H2,1-3H3,(H,32,36)(H,34,35). The van der Waals surface area contributed by atoms with E-state index in [0.717, 1.165) is 36.3 Å². The Kier molecular flexibility index (Phi) is 10.7. The number of hydrogen-bond acceptors (Lipinski definition) is 5.